The zero-order valence-electron chi connectivity index (χ0n) is 19.1. The lowest BCUT2D eigenvalue weighted by Gasteiger charge is -2.11. The summed E-state index contributed by atoms with van der Waals surface area (Å²) in [5.74, 6) is 1.55. The molecule has 0 aliphatic carbocycles. The van der Waals surface area contributed by atoms with Crippen LogP contribution >= 0.6 is 0 Å². The van der Waals surface area contributed by atoms with Crippen molar-refractivity contribution < 1.29 is 19.0 Å². The summed E-state index contributed by atoms with van der Waals surface area (Å²) in [5, 5.41) is 4.00. The molecular weight excluding hydrogens is 416 g/mol. The number of nitrogens with one attached hydrogen (secondary N) is 1. The van der Waals surface area contributed by atoms with Gasteiger partial charge in [-0.3, -0.25) is 4.79 Å². The maximum atomic E-state index is 12.0. The predicted molar refractivity (Wildman–Crippen MR) is 130 cm³/mol. The molecule has 0 bridgehead atoms. The van der Waals surface area contributed by atoms with Crippen molar-refractivity contribution in [3.63, 3.8) is 0 Å². The van der Waals surface area contributed by atoms with Crippen LogP contribution in [0.4, 0.5) is 0 Å². The molecule has 0 fully saturated rings. The van der Waals surface area contributed by atoms with Gasteiger partial charge in [-0.05, 0) is 59.9 Å². The summed E-state index contributed by atoms with van der Waals surface area (Å²) in [6, 6.07) is 23.2. The lowest BCUT2D eigenvalue weighted by atomic mass is 10.1. The number of amides is 1. The molecule has 33 heavy (non-hydrogen) atoms. The summed E-state index contributed by atoms with van der Waals surface area (Å²) < 4.78 is 16.8. The Kier molecular flexibility index (Phi) is 9.33. The summed E-state index contributed by atoms with van der Waals surface area (Å²) in [7, 11) is 1.58. The largest absolute Gasteiger partial charge is 0.493 e. The van der Waals surface area contributed by atoms with Crippen LogP contribution in [0.2, 0.25) is 0 Å². The van der Waals surface area contributed by atoms with Crippen molar-refractivity contribution in [3.05, 3.63) is 89.5 Å². The average Bonchev–Trinajstić information content (AvgIpc) is 2.86. The van der Waals surface area contributed by atoms with E-state index in [-0.39, 0.29) is 12.5 Å². The number of ether oxygens (including phenoxy) is 3. The second-order valence-corrected chi connectivity index (χ2v) is 7.51. The van der Waals surface area contributed by atoms with Crippen LogP contribution in [-0.2, 0) is 17.8 Å². The van der Waals surface area contributed by atoms with Gasteiger partial charge in [0.05, 0.1) is 13.3 Å². The lowest BCUT2D eigenvalue weighted by Crippen LogP contribution is -2.24. The smallest absolute Gasteiger partial charge is 0.277 e. The van der Waals surface area contributed by atoms with E-state index in [0.29, 0.717) is 23.9 Å². The number of methoxy groups -OCH3 is 1. The first-order chi connectivity index (χ1) is 16.2. The van der Waals surface area contributed by atoms with E-state index in [0.717, 1.165) is 30.4 Å². The summed E-state index contributed by atoms with van der Waals surface area (Å²) in [4.78, 5) is 12.0. The van der Waals surface area contributed by atoms with Crippen LogP contribution in [0.5, 0.6) is 17.2 Å². The van der Waals surface area contributed by atoms with Crippen LogP contribution in [0.1, 0.15) is 36.5 Å². The Balaban J connectivity index is 1.46. The molecule has 6 nitrogen and oxygen atoms in total. The van der Waals surface area contributed by atoms with Crippen molar-refractivity contribution >= 4 is 12.1 Å². The molecular formula is C27H30N2O4. The third-order valence-electron chi connectivity index (χ3n) is 4.94. The van der Waals surface area contributed by atoms with E-state index >= 15 is 0 Å². The van der Waals surface area contributed by atoms with Crippen molar-refractivity contribution in [2.45, 2.75) is 32.8 Å². The fraction of sp³-hybridized carbons (Fsp3) is 0.259. The molecule has 0 unspecified atom stereocenters. The normalized spacial score (nSPS) is 10.7. The molecule has 0 spiro atoms. The van der Waals surface area contributed by atoms with E-state index in [1.54, 1.807) is 19.4 Å². The number of unbranched alkanes of at least 4 members (excludes halogenated alkanes) is 1. The minimum Gasteiger partial charge on any atom is -0.493 e. The zero-order valence-corrected chi connectivity index (χ0v) is 19.1. The van der Waals surface area contributed by atoms with Crippen LogP contribution in [0.25, 0.3) is 0 Å². The minimum absolute atomic E-state index is 0.110. The lowest BCUT2D eigenvalue weighted by molar-refractivity contribution is -0.123. The Labute approximate surface area is 195 Å². The molecule has 1 N–H and O–H groups in total. The number of nitrogens with zero attached hydrogens (tertiary/aromatic N) is 1. The highest BCUT2D eigenvalue weighted by Gasteiger charge is 2.06. The van der Waals surface area contributed by atoms with Crippen LogP contribution in [0, 0.1) is 0 Å². The van der Waals surface area contributed by atoms with E-state index in [1.807, 2.05) is 66.7 Å². The standard InChI is InChI=1S/C27H30N2O4/c1-3-4-8-21-11-14-24(15-12-21)32-20-27(30)29-28-18-23-13-16-25(26(17-23)31-2)33-19-22-9-6-5-7-10-22/h5-7,9-18H,3-4,8,19-20H2,1-2H3,(H,29,30)/b28-18+. The molecule has 0 aromatic heterocycles. The van der Waals surface area contributed by atoms with Gasteiger partial charge in [0, 0.05) is 0 Å². The Bertz CT molecular complexity index is 1030. The minimum atomic E-state index is -0.337. The molecule has 0 heterocycles. The van der Waals surface area contributed by atoms with E-state index in [1.165, 1.54) is 5.56 Å². The summed E-state index contributed by atoms with van der Waals surface area (Å²) in [5.41, 5.74) is 5.58. The number of benzene rings is 3. The highest BCUT2D eigenvalue weighted by molar-refractivity contribution is 5.83. The molecule has 6 heteroatoms. The highest BCUT2D eigenvalue weighted by Crippen LogP contribution is 2.28. The molecule has 0 saturated carbocycles. The molecule has 172 valence electrons. The fourth-order valence-electron chi connectivity index (χ4n) is 3.11. The van der Waals surface area contributed by atoms with Crippen molar-refractivity contribution in [3.8, 4) is 17.2 Å². The molecule has 0 radical (unpaired) electrons. The van der Waals surface area contributed by atoms with Gasteiger partial charge in [-0.1, -0.05) is 55.8 Å². The monoisotopic (exact) mass is 446 g/mol. The predicted octanol–water partition coefficient (Wildman–Crippen LogP) is 5.15. The number of hydrazone groups is 1. The molecule has 3 aromatic rings. The summed E-state index contributed by atoms with van der Waals surface area (Å²) >= 11 is 0. The van der Waals surface area contributed by atoms with Crippen molar-refractivity contribution in [2.24, 2.45) is 5.10 Å². The summed E-state index contributed by atoms with van der Waals surface area (Å²) in [6.07, 6.45) is 4.93. The van der Waals surface area contributed by atoms with Crippen molar-refractivity contribution in [1.29, 1.82) is 0 Å². The first-order valence-corrected chi connectivity index (χ1v) is 11.1. The van der Waals surface area contributed by atoms with Gasteiger partial charge in [0.15, 0.2) is 18.1 Å². The molecule has 0 saturated heterocycles. The van der Waals surface area contributed by atoms with Crippen molar-refractivity contribution in [2.75, 3.05) is 13.7 Å². The van der Waals surface area contributed by atoms with Crippen LogP contribution in [-0.4, -0.2) is 25.8 Å². The van der Waals surface area contributed by atoms with Gasteiger partial charge in [0.1, 0.15) is 12.4 Å². The molecule has 3 aromatic carbocycles. The third-order valence-corrected chi connectivity index (χ3v) is 4.94. The van der Waals surface area contributed by atoms with Gasteiger partial charge in [0.2, 0.25) is 0 Å². The fourth-order valence-corrected chi connectivity index (χ4v) is 3.11. The van der Waals surface area contributed by atoms with E-state index in [2.05, 4.69) is 17.5 Å². The van der Waals surface area contributed by atoms with Gasteiger partial charge in [-0.2, -0.15) is 5.10 Å². The zero-order chi connectivity index (χ0) is 23.3. The maximum Gasteiger partial charge on any atom is 0.277 e. The van der Waals surface area contributed by atoms with Crippen LogP contribution in [0.3, 0.4) is 0 Å². The maximum absolute atomic E-state index is 12.0. The number of hydrogen-bond donors (Lipinski definition) is 1. The number of carbonyl (C=O) groups is 1. The topological polar surface area (TPSA) is 69.2 Å². The molecule has 0 atom stereocenters. The Morgan fingerprint density at radius 2 is 1.73 bits per heavy atom. The molecule has 0 aliphatic rings. The van der Waals surface area contributed by atoms with Gasteiger partial charge in [0.25, 0.3) is 5.91 Å². The van der Waals surface area contributed by atoms with Gasteiger partial charge in [-0.25, -0.2) is 5.43 Å². The first-order valence-electron chi connectivity index (χ1n) is 11.1. The Hall–Kier alpha value is -3.80. The average molecular weight is 447 g/mol. The van der Waals surface area contributed by atoms with Crippen molar-refractivity contribution in [1.82, 2.24) is 5.43 Å². The van der Waals surface area contributed by atoms with Crippen LogP contribution in [0.15, 0.2) is 77.9 Å². The van der Waals surface area contributed by atoms with E-state index in [4.69, 9.17) is 14.2 Å². The number of hydrogen-bond acceptors (Lipinski definition) is 5. The quantitative estimate of drug-likeness (QED) is 0.309. The van der Waals surface area contributed by atoms with Gasteiger partial charge < -0.3 is 14.2 Å². The van der Waals surface area contributed by atoms with E-state index < -0.39 is 0 Å². The molecule has 3 rings (SSSR count). The van der Waals surface area contributed by atoms with E-state index in [9.17, 15) is 4.79 Å². The SMILES string of the molecule is CCCCc1ccc(OCC(=O)N/N=C/c2ccc(OCc3ccccc3)c(OC)c2)cc1. The highest BCUT2D eigenvalue weighted by atomic mass is 16.5. The first kappa shape index (κ1) is 23.9. The second kappa shape index (κ2) is 12.9. The van der Waals surface area contributed by atoms with Crippen LogP contribution < -0.4 is 19.6 Å². The molecule has 0 aliphatic heterocycles. The van der Waals surface area contributed by atoms with Gasteiger partial charge >= 0.3 is 0 Å². The summed E-state index contributed by atoms with van der Waals surface area (Å²) in [6.45, 7) is 2.51. The Morgan fingerprint density at radius 3 is 2.45 bits per heavy atom. The number of carbonyl (C=O) groups excluding carboxylic acids is 1. The van der Waals surface area contributed by atoms with Gasteiger partial charge in [-0.15, -0.1) is 0 Å². The molecule has 1 amide bonds. The Morgan fingerprint density at radius 1 is 0.939 bits per heavy atom. The number of rotatable bonds is 12. The third kappa shape index (κ3) is 8.00. The second-order valence-electron chi connectivity index (χ2n) is 7.51. The number of aryl methyl sites for hydroxylation is 1.